The summed E-state index contributed by atoms with van der Waals surface area (Å²) in [4.78, 5) is 25.0. The highest BCUT2D eigenvalue weighted by Crippen LogP contribution is 2.36. The molecule has 3 heterocycles. The Bertz CT molecular complexity index is 1160. The van der Waals surface area contributed by atoms with Gasteiger partial charge in [0.05, 0.1) is 33.0 Å². The molecule has 2 aliphatic rings. The summed E-state index contributed by atoms with van der Waals surface area (Å²) in [6.07, 6.45) is -5.23. The molecule has 0 saturated carbocycles. The lowest BCUT2D eigenvalue weighted by molar-refractivity contribution is -0.260. The Hall–Kier alpha value is -2.93. The van der Waals surface area contributed by atoms with E-state index in [4.69, 9.17) is 29.4 Å². The predicted octanol–water partition coefficient (Wildman–Crippen LogP) is 2.52. The van der Waals surface area contributed by atoms with Gasteiger partial charge in [0.2, 0.25) is 0 Å². The third-order valence-electron chi connectivity index (χ3n) is 5.89. The standard InChI is InChI=1S/C24H27F3N2O7/c1-22(10-33-11-22)35-13-23(2)12-32-8-16(36-23)9-34-15-5-3-14(4-6-15)17-7-18(20(28)30)21(31)29-19(17)24(25,26)27/h3-7,16H,8-13H2,1-2H3,(H2,28,30)(H,29,31)/t16-,23+/m0/s1. The van der Waals surface area contributed by atoms with Crippen LogP contribution in [-0.2, 0) is 25.1 Å². The van der Waals surface area contributed by atoms with Gasteiger partial charge >= 0.3 is 6.18 Å². The number of hydrogen-bond acceptors (Lipinski definition) is 7. The highest BCUT2D eigenvalue weighted by molar-refractivity contribution is 5.94. The lowest BCUT2D eigenvalue weighted by atomic mass is 10.0. The van der Waals surface area contributed by atoms with Gasteiger partial charge in [-0.15, -0.1) is 0 Å². The number of nitrogens with one attached hydrogen (secondary N) is 1. The normalized spacial score (nSPS) is 23.6. The number of aromatic nitrogens is 1. The maximum Gasteiger partial charge on any atom is 0.431 e. The smallest absolute Gasteiger partial charge is 0.431 e. The Morgan fingerprint density at radius 1 is 1.17 bits per heavy atom. The maximum atomic E-state index is 13.5. The highest BCUT2D eigenvalue weighted by atomic mass is 19.4. The number of amides is 1. The number of pyridine rings is 1. The molecular weight excluding hydrogens is 485 g/mol. The minimum absolute atomic E-state index is 0.115. The second-order valence-electron chi connectivity index (χ2n) is 9.43. The molecular formula is C24H27F3N2O7. The molecule has 2 fully saturated rings. The minimum atomic E-state index is -4.85. The van der Waals surface area contributed by atoms with Crippen molar-refractivity contribution in [2.75, 3.05) is 39.6 Å². The SMILES string of the molecule is CC1(OC[C@@]2(C)COC[C@@H](COc3ccc(-c4cc(C(N)=O)c(=O)[nH]c4C(F)(F)F)cc3)O2)COC1. The molecule has 12 heteroatoms. The van der Waals surface area contributed by atoms with Gasteiger partial charge in [0, 0.05) is 5.56 Å². The summed E-state index contributed by atoms with van der Waals surface area (Å²) >= 11 is 0. The number of halogens is 3. The molecule has 0 aliphatic carbocycles. The molecule has 0 spiro atoms. The summed E-state index contributed by atoms with van der Waals surface area (Å²) < 4.78 is 69.2. The van der Waals surface area contributed by atoms with E-state index >= 15 is 0 Å². The number of carbonyl (C=O) groups excluding carboxylic acids is 1. The number of carbonyl (C=O) groups is 1. The number of aromatic amines is 1. The first-order valence-corrected chi connectivity index (χ1v) is 11.2. The van der Waals surface area contributed by atoms with Crippen LogP contribution in [0.2, 0.25) is 0 Å². The number of H-pyrrole nitrogens is 1. The molecule has 0 unspecified atom stereocenters. The second-order valence-corrected chi connectivity index (χ2v) is 9.43. The average molecular weight is 512 g/mol. The molecule has 196 valence electrons. The summed E-state index contributed by atoms with van der Waals surface area (Å²) in [6.45, 7) is 6.06. The third kappa shape index (κ3) is 5.89. The lowest BCUT2D eigenvalue weighted by Gasteiger charge is -2.43. The van der Waals surface area contributed by atoms with Crippen LogP contribution in [0.1, 0.15) is 29.9 Å². The monoisotopic (exact) mass is 512 g/mol. The fourth-order valence-corrected chi connectivity index (χ4v) is 3.92. The zero-order chi connectivity index (χ0) is 26.1. The minimum Gasteiger partial charge on any atom is -0.491 e. The molecule has 4 rings (SSSR count). The van der Waals surface area contributed by atoms with Gasteiger partial charge in [-0.25, -0.2) is 0 Å². The van der Waals surface area contributed by atoms with Gasteiger partial charge in [-0.05, 0) is 37.6 Å². The van der Waals surface area contributed by atoms with Crippen molar-refractivity contribution < 1.29 is 41.7 Å². The summed E-state index contributed by atoms with van der Waals surface area (Å²) in [5.74, 6) is -0.744. The van der Waals surface area contributed by atoms with E-state index in [9.17, 15) is 22.8 Å². The second kappa shape index (κ2) is 9.85. The van der Waals surface area contributed by atoms with Crippen molar-refractivity contribution in [2.24, 2.45) is 5.73 Å². The highest BCUT2D eigenvalue weighted by Gasteiger charge is 2.40. The molecule has 3 N–H and O–H groups in total. The molecule has 0 radical (unpaired) electrons. The van der Waals surface area contributed by atoms with E-state index in [-0.39, 0.29) is 29.4 Å². The molecule has 2 aliphatic heterocycles. The molecule has 1 aromatic carbocycles. The number of nitrogens with two attached hydrogens (primary N) is 1. The van der Waals surface area contributed by atoms with Crippen molar-refractivity contribution in [3.63, 3.8) is 0 Å². The Balaban J connectivity index is 1.42. The van der Waals surface area contributed by atoms with Crippen LogP contribution in [-0.4, -0.2) is 67.8 Å². The summed E-state index contributed by atoms with van der Waals surface area (Å²) in [7, 11) is 0. The molecule has 2 aromatic rings. The first-order chi connectivity index (χ1) is 16.9. The first kappa shape index (κ1) is 26.1. The van der Waals surface area contributed by atoms with Crippen LogP contribution in [0.5, 0.6) is 5.75 Å². The molecule has 1 amide bonds. The van der Waals surface area contributed by atoms with E-state index < -0.39 is 34.5 Å². The van der Waals surface area contributed by atoms with Gasteiger partial charge in [0.25, 0.3) is 11.5 Å². The van der Waals surface area contributed by atoms with Gasteiger partial charge in [0.15, 0.2) is 0 Å². The van der Waals surface area contributed by atoms with E-state index in [1.807, 2.05) is 13.8 Å². The van der Waals surface area contributed by atoms with E-state index in [2.05, 4.69) is 0 Å². The summed E-state index contributed by atoms with van der Waals surface area (Å²) in [5.41, 5.74) is 0.821. The molecule has 2 saturated heterocycles. The van der Waals surface area contributed by atoms with Crippen LogP contribution in [0.25, 0.3) is 11.1 Å². The van der Waals surface area contributed by atoms with E-state index in [0.29, 0.717) is 38.8 Å². The number of alkyl halides is 3. The van der Waals surface area contributed by atoms with Crippen LogP contribution < -0.4 is 16.0 Å². The Morgan fingerprint density at radius 3 is 2.44 bits per heavy atom. The predicted molar refractivity (Wildman–Crippen MR) is 121 cm³/mol. The molecule has 36 heavy (non-hydrogen) atoms. The van der Waals surface area contributed by atoms with Crippen molar-refractivity contribution in [1.82, 2.24) is 4.98 Å². The lowest BCUT2D eigenvalue weighted by Crippen LogP contribution is -2.55. The molecule has 0 bridgehead atoms. The van der Waals surface area contributed by atoms with E-state index in [1.165, 1.54) is 24.3 Å². The topological polar surface area (TPSA) is 122 Å². The number of hydrogen-bond donors (Lipinski definition) is 2. The summed E-state index contributed by atoms with van der Waals surface area (Å²) in [6, 6.07) is 6.58. The van der Waals surface area contributed by atoms with Crippen molar-refractivity contribution >= 4 is 5.91 Å². The summed E-state index contributed by atoms with van der Waals surface area (Å²) in [5, 5.41) is 0. The average Bonchev–Trinajstić information content (AvgIpc) is 2.80. The van der Waals surface area contributed by atoms with Crippen molar-refractivity contribution in [2.45, 2.75) is 37.3 Å². The van der Waals surface area contributed by atoms with Gasteiger partial charge in [-0.3, -0.25) is 9.59 Å². The van der Waals surface area contributed by atoms with Crippen LogP contribution >= 0.6 is 0 Å². The third-order valence-corrected chi connectivity index (χ3v) is 5.89. The van der Waals surface area contributed by atoms with Crippen LogP contribution in [0.3, 0.4) is 0 Å². The van der Waals surface area contributed by atoms with Gasteiger partial charge in [0.1, 0.15) is 40.9 Å². The largest absolute Gasteiger partial charge is 0.491 e. The maximum absolute atomic E-state index is 13.5. The number of ether oxygens (including phenoxy) is 5. The first-order valence-electron chi connectivity index (χ1n) is 11.2. The van der Waals surface area contributed by atoms with E-state index in [0.717, 1.165) is 6.07 Å². The zero-order valence-electron chi connectivity index (χ0n) is 19.8. The van der Waals surface area contributed by atoms with Gasteiger partial charge in [-0.2, -0.15) is 13.2 Å². The van der Waals surface area contributed by atoms with Crippen LogP contribution in [0.15, 0.2) is 35.1 Å². The van der Waals surface area contributed by atoms with Crippen molar-refractivity contribution in [3.8, 4) is 16.9 Å². The van der Waals surface area contributed by atoms with Gasteiger partial charge < -0.3 is 34.4 Å². The van der Waals surface area contributed by atoms with Crippen LogP contribution in [0, 0.1) is 0 Å². The Kier molecular flexibility index (Phi) is 7.15. The van der Waals surface area contributed by atoms with Crippen molar-refractivity contribution in [1.29, 1.82) is 0 Å². The Morgan fingerprint density at radius 2 is 1.86 bits per heavy atom. The molecule has 2 atom stereocenters. The Labute approximate surface area is 204 Å². The fourth-order valence-electron chi connectivity index (χ4n) is 3.92. The number of primary amides is 1. The van der Waals surface area contributed by atoms with Crippen LogP contribution in [0.4, 0.5) is 13.2 Å². The molecule has 1 aromatic heterocycles. The van der Waals surface area contributed by atoms with E-state index in [1.54, 1.807) is 4.98 Å². The number of benzene rings is 1. The zero-order valence-corrected chi connectivity index (χ0v) is 19.8. The fraction of sp³-hybridized carbons (Fsp3) is 0.500. The number of rotatable bonds is 8. The quantitative estimate of drug-likeness (QED) is 0.557. The molecule has 9 nitrogen and oxygen atoms in total. The van der Waals surface area contributed by atoms with Crippen molar-refractivity contribution in [3.05, 3.63) is 51.9 Å². The van der Waals surface area contributed by atoms with Gasteiger partial charge in [-0.1, -0.05) is 12.1 Å².